The highest BCUT2D eigenvalue weighted by Gasteiger charge is 2.15. The van der Waals surface area contributed by atoms with E-state index in [0.717, 1.165) is 5.56 Å². The van der Waals surface area contributed by atoms with Crippen molar-refractivity contribution in [3.8, 4) is 0 Å². The second-order valence-corrected chi connectivity index (χ2v) is 8.51. The van der Waals surface area contributed by atoms with Gasteiger partial charge in [0.1, 0.15) is 11.6 Å². The third-order valence-electron chi connectivity index (χ3n) is 3.96. The van der Waals surface area contributed by atoms with Gasteiger partial charge < -0.3 is 5.32 Å². The van der Waals surface area contributed by atoms with Gasteiger partial charge in [0.05, 0.1) is 4.90 Å². The molecular weight excluding hydrogens is 424 g/mol. The Morgan fingerprint density at radius 1 is 1.03 bits per heavy atom. The minimum absolute atomic E-state index is 0.0426. The molecule has 0 atom stereocenters. The lowest BCUT2D eigenvalue weighted by atomic mass is 10.2. The van der Waals surface area contributed by atoms with Crippen LogP contribution in [0.1, 0.15) is 17.1 Å². The third-order valence-corrected chi connectivity index (χ3v) is 5.67. The molecule has 7 nitrogen and oxygen atoms in total. The maximum Gasteiger partial charge on any atom is 0.263 e. The number of halogens is 1. The summed E-state index contributed by atoms with van der Waals surface area (Å²) in [7, 11) is -3.82. The molecule has 0 saturated heterocycles. The van der Waals surface area contributed by atoms with Crippen LogP contribution >= 0.6 is 11.6 Å². The van der Waals surface area contributed by atoms with E-state index in [4.69, 9.17) is 11.6 Å². The second kappa shape index (κ2) is 9.06. The summed E-state index contributed by atoms with van der Waals surface area (Å²) in [5.41, 5.74) is 1.83. The minimum Gasteiger partial charge on any atom is -0.323 e. The summed E-state index contributed by atoms with van der Waals surface area (Å²) < 4.78 is 27.6. The number of amides is 1. The number of nitrogens with one attached hydrogen (secondary N) is 2. The summed E-state index contributed by atoms with van der Waals surface area (Å²) in [6.45, 7) is 3.44. The summed E-state index contributed by atoms with van der Waals surface area (Å²) in [5.74, 6) is 0.299. The van der Waals surface area contributed by atoms with Crippen molar-refractivity contribution < 1.29 is 13.2 Å². The van der Waals surface area contributed by atoms with Crippen molar-refractivity contribution in [2.75, 3.05) is 10.0 Å². The monoisotopic (exact) mass is 442 g/mol. The van der Waals surface area contributed by atoms with Crippen LogP contribution in [0.2, 0.25) is 5.02 Å². The van der Waals surface area contributed by atoms with Gasteiger partial charge in [-0.1, -0.05) is 29.8 Å². The number of aryl methyl sites for hydroxylation is 2. The topological polar surface area (TPSA) is 101 Å². The van der Waals surface area contributed by atoms with Crippen molar-refractivity contribution in [1.82, 2.24) is 9.97 Å². The molecule has 3 aromatic rings. The molecule has 0 unspecified atom stereocenters. The number of anilines is 2. The van der Waals surface area contributed by atoms with Gasteiger partial charge in [0.25, 0.3) is 10.0 Å². The van der Waals surface area contributed by atoms with Crippen molar-refractivity contribution in [3.05, 3.63) is 82.8 Å². The highest BCUT2D eigenvalue weighted by Crippen LogP contribution is 2.19. The molecule has 1 aromatic heterocycles. The molecule has 1 amide bonds. The zero-order chi connectivity index (χ0) is 21.7. The molecule has 2 aromatic carbocycles. The van der Waals surface area contributed by atoms with Gasteiger partial charge in [-0.3, -0.25) is 9.52 Å². The average Bonchev–Trinajstić information content (AvgIpc) is 2.66. The smallest absolute Gasteiger partial charge is 0.263 e. The number of aromatic nitrogens is 2. The lowest BCUT2D eigenvalue weighted by Crippen LogP contribution is -2.15. The number of benzene rings is 2. The first kappa shape index (κ1) is 21.5. The van der Waals surface area contributed by atoms with E-state index in [9.17, 15) is 13.2 Å². The Morgan fingerprint density at radius 2 is 1.73 bits per heavy atom. The summed E-state index contributed by atoms with van der Waals surface area (Å²) in [6.07, 6.45) is 2.96. The number of sulfonamides is 1. The van der Waals surface area contributed by atoms with Crippen LogP contribution in [0, 0.1) is 13.8 Å². The van der Waals surface area contributed by atoms with Crippen LogP contribution in [0.5, 0.6) is 0 Å². The molecule has 0 spiro atoms. The zero-order valence-electron chi connectivity index (χ0n) is 16.3. The lowest BCUT2D eigenvalue weighted by molar-refractivity contribution is -0.111. The van der Waals surface area contributed by atoms with Crippen LogP contribution in [0.15, 0.2) is 65.6 Å². The van der Waals surface area contributed by atoms with Crippen molar-refractivity contribution in [3.63, 3.8) is 0 Å². The number of hydrogen-bond donors (Lipinski definition) is 2. The van der Waals surface area contributed by atoms with E-state index in [-0.39, 0.29) is 16.6 Å². The van der Waals surface area contributed by atoms with Crippen LogP contribution in [0.25, 0.3) is 6.08 Å². The molecule has 1 heterocycles. The quantitative estimate of drug-likeness (QED) is 0.557. The Kier molecular flexibility index (Phi) is 6.49. The Morgan fingerprint density at radius 3 is 2.40 bits per heavy atom. The van der Waals surface area contributed by atoms with Crippen LogP contribution in [-0.2, 0) is 14.8 Å². The maximum atomic E-state index is 12.6. The molecule has 0 bridgehead atoms. The fraction of sp³-hybridized carbons (Fsp3) is 0.0952. The Balaban J connectivity index is 1.68. The first-order valence-corrected chi connectivity index (χ1v) is 10.8. The predicted octanol–water partition coefficient (Wildman–Crippen LogP) is 4.20. The molecule has 3 rings (SSSR count). The number of hydrogen-bond acceptors (Lipinski definition) is 5. The molecule has 154 valence electrons. The Labute approximate surface area is 179 Å². The fourth-order valence-electron chi connectivity index (χ4n) is 2.64. The minimum atomic E-state index is -3.82. The molecule has 0 saturated carbocycles. The largest absolute Gasteiger partial charge is 0.323 e. The van der Waals surface area contributed by atoms with Gasteiger partial charge in [-0.05, 0) is 55.8 Å². The molecule has 9 heteroatoms. The Bertz CT molecular complexity index is 1190. The fourth-order valence-corrected chi connectivity index (χ4v) is 3.83. The van der Waals surface area contributed by atoms with E-state index >= 15 is 0 Å². The van der Waals surface area contributed by atoms with E-state index < -0.39 is 10.0 Å². The van der Waals surface area contributed by atoms with Crippen molar-refractivity contribution in [2.24, 2.45) is 0 Å². The van der Waals surface area contributed by atoms with E-state index in [2.05, 4.69) is 20.0 Å². The van der Waals surface area contributed by atoms with Gasteiger partial charge in [0.15, 0.2) is 0 Å². The third kappa shape index (κ3) is 5.65. The van der Waals surface area contributed by atoms with Gasteiger partial charge in [-0.2, -0.15) is 0 Å². The zero-order valence-corrected chi connectivity index (χ0v) is 17.8. The van der Waals surface area contributed by atoms with Gasteiger partial charge in [0.2, 0.25) is 5.91 Å². The molecule has 0 aliphatic rings. The van der Waals surface area contributed by atoms with Gasteiger partial charge >= 0.3 is 0 Å². The molecule has 0 radical (unpaired) electrons. The first-order chi connectivity index (χ1) is 14.2. The lowest BCUT2D eigenvalue weighted by Gasteiger charge is -2.09. The summed E-state index contributed by atoms with van der Waals surface area (Å²) in [4.78, 5) is 20.3. The van der Waals surface area contributed by atoms with Crippen LogP contribution in [0.4, 0.5) is 11.5 Å². The summed E-state index contributed by atoms with van der Waals surface area (Å²) in [6, 6.07) is 14.5. The van der Waals surface area contributed by atoms with Crippen molar-refractivity contribution in [1.29, 1.82) is 0 Å². The van der Waals surface area contributed by atoms with E-state index in [1.807, 2.05) is 6.07 Å². The number of rotatable bonds is 6. The number of nitrogens with zero attached hydrogens (tertiary/aromatic N) is 2. The number of carbonyl (C=O) groups is 1. The molecule has 2 N–H and O–H groups in total. The Hall–Kier alpha value is -3.23. The van der Waals surface area contributed by atoms with Gasteiger partial charge in [-0.15, -0.1) is 0 Å². The molecule has 0 fully saturated rings. The van der Waals surface area contributed by atoms with Crippen LogP contribution < -0.4 is 10.0 Å². The van der Waals surface area contributed by atoms with Crippen LogP contribution in [0.3, 0.4) is 0 Å². The highest BCUT2D eigenvalue weighted by molar-refractivity contribution is 7.92. The first-order valence-electron chi connectivity index (χ1n) is 8.92. The summed E-state index contributed by atoms with van der Waals surface area (Å²) >= 11 is 6.05. The SMILES string of the molecule is Cc1cc(NS(=O)(=O)c2ccc(NC(=O)/C=C/c3ccccc3Cl)cc2)nc(C)n1. The number of carbonyl (C=O) groups excluding carboxylic acids is 1. The van der Waals surface area contributed by atoms with E-state index in [1.165, 1.54) is 30.3 Å². The predicted molar refractivity (Wildman–Crippen MR) is 118 cm³/mol. The maximum absolute atomic E-state index is 12.6. The highest BCUT2D eigenvalue weighted by atomic mass is 35.5. The normalized spacial score (nSPS) is 11.4. The molecule has 0 aliphatic carbocycles. The van der Waals surface area contributed by atoms with Crippen molar-refractivity contribution in [2.45, 2.75) is 18.7 Å². The van der Waals surface area contributed by atoms with Crippen LogP contribution in [-0.4, -0.2) is 24.3 Å². The van der Waals surface area contributed by atoms with Crippen molar-refractivity contribution >= 4 is 45.1 Å². The molecule has 0 aliphatic heterocycles. The standard InChI is InChI=1S/C21H19ClN4O3S/c1-14-13-20(24-15(2)23-14)26-30(28,29)18-10-8-17(9-11-18)25-21(27)12-7-16-5-3-4-6-19(16)22/h3-13H,1-2H3,(H,25,27)(H,23,24,26)/b12-7+. The second-order valence-electron chi connectivity index (χ2n) is 6.42. The molecule has 30 heavy (non-hydrogen) atoms. The van der Waals surface area contributed by atoms with E-state index in [0.29, 0.717) is 22.2 Å². The van der Waals surface area contributed by atoms with Gasteiger partial charge in [-0.25, -0.2) is 18.4 Å². The molecular formula is C21H19ClN4O3S. The summed E-state index contributed by atoms with van der Waals surface area (Å²) in [5, 5.41) is 3.21. The van der Waals surface area contributed by atoms with Gasteiger partial charge in [0, 0.05) is 28.5 Å². The average molecular weight is 443 g/mol. The van der Waals surface area contributed by atoms with E-state index in [1.54, 1.807) is 44.2 Å².